The van der Waals surface area contributed by atoms with Crippen LogP contribution >= 0.6 is 0 Å². The predicted molar refractivity (Wildman–Crippen MR) is 95.2 cm³/mol. The second-order valence-electron chi connectivity index (χ2n) is 6.56. The van der Waals surface area contributed by atoms with Crippen LogP contribution in [0.5, 0.6) is 17.2 Å². The van der Waals surface area contributed by atoms with E-state index in [0.29, 0.717) is 36.6 Å². The molecule has 0 bridgehead atoms. The van der Waals surface area contributed by atoms with Crippen molar-refractivity contribution in [3.63, 3.8) is 0 Å². The molecule has 1 rings (SSSR count). The number of methoxy groups -OCH3 is 3. The smallest absolute Gasteiger partial charge is 0.220 e. The predicted octanol–water partition coefficient (Wildman–Crippen LogP) is 2.15. The highest BCUT2D eigenvalue weighted by atomic mass is 16.5. The van der Waals surface area contributed by atoms with Crippen LogP contribution in [0.25, 0.3) is 0 Å². The van der Waals surface area contributed by atoms with E-state index in [1.165, 1.54) is 0 Å². The first-order chi connectivity index (χ1) is 11.3. The summed E-state index contributed by atoms with van der Waals surface area (Å²) in [5, 5.41) is 6.25. The summed E-state index contributed by atoms with van der Waals surface area (Å²) >= 11 is 0. The van der Waals surface area contributed by atoms with Crippen molar-refractivity contribution in [1.82, 2.24) is 10.6 Å². The van der Waals surface area contributed by atoms with Crippen LogP contribution in [0, 0.1) is 0 Å². The van der Waals surface area contributed by atoms with Crippen molar-refractivity contribution in [2.24, 2.45) is 0 Å². The van der Waals surface area contributed by atoms with Crippen molar-refractivity contribution in [2.45, 2.75) is 39.2 Å². The molecule has 0 aliphatic rings. The maximum atomic E-state index is 11.9. The van der Waals surface area contributed by atoms with Gasteiger partial charge in [0.1, 0.15) is 0 Å². The lowest BCUT2D eigenvalue weighted by atomic mass is 10.1. The van der Waals surface area contributed by atoms with Gasteiger partial charge in [-0.15, -0.1) is 0 Å². The van der Waals surface area contributed by atoms with E-state index in [1.54, 1.807) is 21.3 Å². The van der Waals surface area contributed by atoms with Crippen LogP contribution in [-0.4, -0.2) is 45.9 Å². The van der Waals surface area contributed by atoms with Gasteiger partial charge in [-0.1, -0.05) is 0 Å². The standard InChI is InChI=1S/C18H30N2O4/c1-18(2,3)20-10-9-19-16(21)8-7-13-11-14(22-4)17(24-6)15(12-13)23-5/h11-12,20H,7-10H2,1-6H3,(H,19,21). The summed E-state index contributed by atoms with van der Waals surface area (Å²) < 4.78 is 15.9. The van der Waals surface area contributed by atoms with Crippen molar-refractivity contribution in [2.75, 3.05) is 34.4 Å². The van der Waals surface area contributed by atoms with E-state index in [-0.39, 0.29) is 11.4 Å². The van der Waals surface area contributed by atoms with E-state index in [4.69, 9.17) is 14.2 Å². The highest BCUT2D eigenvalue weighted by Gasteiger charge is 2.14. The van der Waals surface area contributed by atoms with E-state index in [1.807, 2.05) is 12.1 Å². The van der Waals surface area contributed by atoms with Crippen molar-refractivity contribution < 1.29 is 19.0 Å². The number of nitrogens with one attached hydrogen (secondary N) is 2. The number of amides is 1. The Balaban J connectivity index is 2.53. The first-order valence-electron chi connectivity index (χ1n) is 8.11. The summed E-state index contributed by atoms with van der Waals surface area (Å²) in [6.45, 7) is 7.66. The Hall–Kier alpha value is -1.95. The summed E-state index contributed by atoms with van der Waals surface area (Å²) in [7, 11) is 4.73. The maximum Gasteiger partial charge on any atom is 0.220 e. The molecule has 0 radical (unpaired) electrons. The van der Waals surface area contributed by atoms with Crippen molar-refractivity contribution >= 4 is 5.91 Å². The van der Waals surface area contributed by atoms with E-state index in [9.17, 15) is 4.79 Å². The maximum absolute atomic E-state index is 11.9. The molecular weight excluding hydrogens is 308 g/mol. The molecule has 0 fully saturated rings. The largest absolute Gasteiger partial charge is 0.493 e. The minimum atomic E-state index is 0.0273. The van der Waals surface area contributed by atoms with Crippen molar-refractivity contribution in [3.05, 3.63) is 17.7 Å². The van der Waals surface area contributed by atoms with Crippen LogP contribution in [0.3, 0.4) is 0 Å². The summed E-state index contributed by atoms with van der Waals surface area (Å²) in [5.74, 6) is 1.78. The number of carbonyl (C=O) groups excluding carboxylic acids is 1. The zero-order valence-electron chi connectivity index (χ0n) is 15.6. The fourth-order valence-corrected chi connectivity index (χ4v) is 2.27. The number of hydrogen-bond acceptors (Lipinski definition) is 5. The SMILES string of the molecule is COc1cc(CCC(=O)NCCNC(C)(C)C)cc(OC)c1OC. The fourth-order valence-electron chi connectivity index (χ4n) is 2.27. The van der Waals surface area contributed by atoms with Crippen LogP contribution in [-0.2, 0) is 11.2 Å². The van der Waals surface area contributed by atoms with Gasteiger partial charge in [0, 0.05) is 25.0 Å². The third-order valence-electron chi connectivity index (χ3n) is 3.47. The summed E-state index contributed by atoms with van der Waals surface area (Å²) in [6, 6.07) is 3.74. The second-order valence-corrected chi connectivity index (χ2v) is 6.56. The Labute approximate surface area is 144 Å². The quantitative estimate of drug-likeness (QED) is 0.675. The first-order valence-corrected chi connectivity index (χ1v) is 8.11. The molecule has 0 aliphatic heterocycles. The molecule has 1 amide bonds. The van der Waals surface area contributed by atoms with Gasteiger partial charge in [-0.2, -0.15) is 0 Å². The Kier molecular flexibility index (Phi) is 7.85. The summed E-state index contributed by atoms with van der Waals surface area (Å²) in [5.41, 5.74) is 1.02. The third kappa shape index (κ3) is 6.66. The number of aryl methyl sites for hydroxylation is 1. The van der Waals surface area contributed by atoms with E-state index in [2.05, 4.69) is 31.4 Å². The molecule has 2 N–H and O–H groups in total. The lowest BCUT2D eigenvalue weighted by Gasteiger charge is -2.20. The molecule has 1 aromatic carbocycles. The van der Waals surface area contributed by atoms with Gasteiger partial charge in [0.2, 0.25) is 11.7 Å². The van der Waals surface area contributed by atoms with Crippen LogP contribution in [0.2, 0.25) is 0 Å². The van der Waals surface area contributed by atoms with Gasteiger partial charge in [-0.25, -0.2) is 0 Å². The Morgan fingerprint density at radius 2 is 1.58 bits per heavy atom. The second kappa shape index (κ2) is 9.37. The number of rotatable bonds is 9. The molecule has 0 unspecified atom stereocenters. The number of benzene rings is 1. The Morgan fingerprint density at radius 3 is 2.04 bits per heavy atom. The molecule has 0 atom stereocenters. The molecule has 0 heterocycles. The molecule has 0 aromatic heterocycles. The van der Waals surface area contributed by atoms with Gasteiger partial charge in [0.25, 0.3) is 0 Å². The van der Waals surface area contributed by atoms with E-state index < -0.39 is 0 Å². The summed E-state index contributed by atoms with van der Waals surface area (Å²) in [4.78, 5) is 11.9. The minimum Gasteiger partial charge on any atom is -0.493 e. The lowest BCUT2D eigenvalue weighted by Crippen LogP contribution is -2.41. The molecular formula is C18H30N2O4. The third-order valence-corrected chi connectivity index (χ3v) is 3.47. The highest BCUT2D eigenvalue weighted by Crippen LogP contribution is 2.38. The van der Waals surface area contributed by atoms with Gasteiger partial charge < -0.3 is 24.8 Å². The number of ether oxygens (including phenoxy) is 3. The average molecular weight is 338 g/mol. The molecule has 0 saturated heterocycles. The van der Waals surface area contributed by atoms with Crippen molar-refractivity contribution in [1.29, 1.82) is 0 Å². The Morgan fingerprint density at radius 1 is 1.00 bits per heavy atom. The van der Waals surface area contributed by atoms with Crippen LogP contribution < -0.4 is 24.8 Å². The molecule has 0 saturated carbocycles. The number of hydrogen-bond donors (Lipinski definition) is 2. The van der Waals surface area contributed by atoms with Crippen LogP contribution in [0.1, 0.15) is 32.8 Å². The molecule has 0 aliphatic carbocycles. The molecule has 136 valence electrons. The fraction of sp³-hybridized carbons (Fsp3) is 0.611. The highest BCUT2D eigenvalue weighted by molar-refractivity contribution is 5.76. The first kappa shape index (κ1) is 20.1. The summed E-state index contributed by atoms with van der Waals surface area (Å²) in [6.07, 6.45) is 1.02. The monoisotopic (exact) mass is 338 g/mol. The van der Waals surface area contributed by atoms with Gasteiger partial charge in [0.15, 0.2) is 11.5 Å². The van der Waals surface area contributed by atoms with Crippen LogP contribution in [0.15, 0.2) is 12.1 Å². The van der Waals surface area contributed by atoms with Gasteiger partial charge in [0.05, 0.1) is 21.3 Å². The molecule has 1 aromatic rings. The normalized spacial score (nSPS) is 11.1. The zero-order valence-corrected chi connectivity index (χ0v) is 15.6. The Bertz CT molecular complexity index is 513. The molecule has 24 heavy (non-hydrogen) atoms. The van der Waals surface area contributed by atoms with Crippen molar-refractivity contribution in [3.8, 4) is 17.2 Å². The number of carbonyl (C=O) groups is 1. The lowest BCUT2D eigenvalue weighted by molar-refractivity contribution is -0.121. The average Bonchev–Trinajstić information content (AvgIpc) is 2.54. The van der Waals surface area contributed by atoms with Gasteiger partial charge >= 0.3 is 0 Å². The van der Waals surface area contributed by atoms with Crippen LogP contribution in [0.4, 0.5) is 0 Å². The molecule has 6 heteroatoms. The van der Waals surface area contributed by atoms with Gasteiger partial charge in [-0.3, -0.25) is 4.79 Å². The van der Waals surface area contributed by atoms with Gasteiger partial charge in [-0.05, 0) is 44.9 Å². The molecule has 0 spiro atoms. The van der Waals surface area contributed by atoms with E-state index >= 15 is 0 Å². The molecule has 6 nitrogen and oxygen atoms in total. The van der Waals surface area contributed by atoms with E-state index in [0.717, 1.165) is 12.1 Å². The topological polar surface area (TPSA) is 68.8 Å². The zero-order chi connectivity index (χ0) is 18.2. The minimum absolute atomic E-state index is 0.0273.